The molecule has 1 heterocycles. The molecular weight excluding hydrogens is 266 g/mol. The van der Waals surface area contributed by atoms with Crippen molar-refractivity contribution in [3.63, 3.8) is 0 Å². The maximum absolute atomic E-state index is 11.6. The van der Waals surface area contributed by atoms with Crippen LogP contribution in [0.4, 0.5) is 0 Å². The van der Waals surface area contributed by atoms with Gasteiger partial charge in [-0.15, -0.1) is 0 Å². The molecule has 21 heavy (non-hydrogen) atoms. The molecule has 1 unspecified atom stereocenters. The Hall–Kier alpha value is -2.33. The highest BCUT2D eigenvalue weighted by molar-refractivity contribution is 6.05. The van der Waals surface area contributed by atoms with E-state index in [1.807, 2.05) is 42.5 Å². The molecule has 0 aliphatic carbocycles. The molecule has 2 N–H and O–H groups in total. The quantitative estimate of drug-likeness (QED) is 0.747. The van der Waals surface area contributed by atoms with Crippen LogP contribution in [0, 0.1) is 0 Å². The summed E-state index contributed by atoms with van der Waals surface area (Å²) in [4.78, 5) is 11.6. The highest BCUT2D eigenvalue weighted by Crippen LogP contribution is 2.29. The second kappa shape index (κ2) is 5.58. The Morgan fingerprint density at radius 1 is 1.19 bits per heavy atom. The zero-order valence-corrected chi connectivity index (χ0v) is 11.8. The van der Waals surface area contributed by atoms with Gasteiger partial charge in [-0.05, 0) is 37.1 Å². The average Bonchev–Trinajstić information content (AvgIpc) is 2.85. The molecule has 0 spiro atoms. The zero-order chi connectivity index (χ0) is 14.8. The second-order valence-electron chi connectivity index (χ2n) is 4.99. The van der Waals surface area contributed by atoms with Gasteiger partial charge in [0.1, 0.15) is 17.2 Å². The van der Waals surface area contributed by atoms with E-state index in [-0.39, 0.29) is 5.97 Å². The molecule has 108 valence electrons. The first-order chi connectivity index (χ1) is 10.2. The number of benzene rings is 2. The average molecular weight is 283 g/mol. The van der Waals surface area contributed by atoms with Gasteiger partial charge < -0.3 is 14.9 Å². The summed E-state index contributed by atoms with van der Waals surface area (Å²) in [5.41, 5.74) is 8.56. The highest BCUT2D eigenvalue weighted by Gasteiger charge is 2.16. The molecule has 1 atom stereocenters. The molecule has 0 aliphatic rings. The fourth-order valence-corrected chi connectivity index (χ4v) is 2.49. The topological polar surface area (TPSA) is 65.5 Å². The number of rotatable bonds is 4. The van der Waals surface area contributed by atoms with Crippen molar-refractivity contribution in [3.05, 3.63) is 48.0 Å². The van der Waals surface area contributed by atoms with Gasteiger partial charge in [-0.3, -0.25) is 4.79 Å². The van der Waals surface area contributed by atoms with E-state index >= 15 is 0 Å². The van der Waals surface area contributed by atoms with Gasteiger partial charge in [-0.25, -0.2) is 0 Å². The van der Waals surface area contributed by atoms with Crippen LogP contribution in [0.3, 0.4) is 0 Å². The fourth-order valence-electron chi connectivity index (χ4n) is 2.49. The van der Waals surface area contributed by atoms with Crippen LogP contribution >= 0.6 is 0 Å². The van der Waals surface area contributed by atoms with Crippen LogP contribution in [0.5, 0.6) is 0 Å². The summed E-state index contributed by atoms with van der Waals surface area (Å²) in [5.74, 6) is -0.366. The molecular formula is C17H17NO3. The van der Waals surface area contributed by atoms with E-state index in [4.69, 9.17) is 14.9 Å². The minimum Gasteiger partial charge on any atom is -0.465 e. The smallest absolute Gasteiger partial charge is 0.323 e. The maximum atomic E-state index is 11.6. The van der Waals surface area contributed by atoms with Crippen molar-refractivity contribution in [2.45, 2.75) is 19.4 Å². The first-order valence-corrected chi connectivity index (χ1v) is 7.01. The van der Waals surface area contributed by atoms with E-state index in [0.29, 0.717) is 13.0 Å². The largest absolute Gasteiger partial charge is 0.465 e. The van der Waals surface area contributed by atoms with Crippen LogP contribution in [0.25, 0.3) is 21.9 Å². The molecule has 0 amide bonds. The van der Waals surface area contributed by atoms with Gasteiger partial charge in [-0.2, -0.15) is 0 Å². The molecule has 0 saturated carbocycles. The number of ether oxygens (including phenoxy) is 1. The Morgan fingerprint density at radius 3 is 2.76 bits per heavy atom. The Morgan fingerprint density at radius 2 is 1.95 bits per heavy atom. The van der Waals surface area contributed by atoms with E-state index in [9.17, 15) is 4.79 Å². The van der Waals surface area contributed by atoms with Crippen molar-refractivity contribution in [1.82, 2.24) is 0 Å². The number of carbonyl (C=O) groups excluding carboxylic acids is 1. The Balaban J connectivity index is 1.93. The third kappa shape index (κ3) is 2.62. The minimum absolute atomic E-state index is 0.345. The minimum atomic E-state index is -0.638. The van der Waals surface area contributed by atoms with Crippen molar-refractivity contribution in [3.8, 4) is 0 Å². The molecule has 0 bridgehead atoms. The molecule has 4 nitrogen and oxygen atoms in total. The number of carbonyl (C=O) groups is 1. The number of hydrogen-bond donors (Lipinski definition) is 1. The van der Waals surface area contributed by atoms with Crippen molar-refractivity contribution in [1.29, 1.82) is 0 Å². The second-order valence-corrected chi connectivity index (χ2v) is 4.99. The van der Waals surface area contributed by atoms with E-state index in [0.717, 1.165) is 27.5 Å². The van der Waals surface area contributed by atoms with E-state index < -0.39 is 6.04 Å². The summed E-state index contributed by atoms with van der Waals surface area (Å²) in [6, 6.07) is 13.1. The molecule has 3 aromatic rings. The lowest BCUT2D eigenvalue weighted by molar-refractivity contribution is -0.144. The lowest BCUT2D eigenvalue weighted by Gasteiger charge is -2.10. The summed E-state index contributed by atoms with van der Waals surface area (Å²) >= 11 is 0. The van der Waals surface area contributed by atoms with Gasteiger partial charge in [0.2, 0.25) is 0 Å². The molecule has 4 heteroatoms. The number of esters is 1. The van der Waals surface area contributed by atoms with E-state index in [1.165, 1.54) is 0 Å². The molecule has 1 aromatic heterocycles. The zero-order valence-electron chi connectivity index (χ0n) is 11.8. The molecule has 2 aromatic carbocycles. The van der Waals surface area contributed by atoms with Crippen LogP contribution < -0.4 is 5.73 Å². The third-order valence-corrected chi connectivity index (χ3v) is 3.49. The third-order valence-electron chi connectivity index (χ3n) is 3.49. The summed E-state index contributed by atoms with van der Waals surface area (Å²) in [5, 5.41) is 2.11. The number of fused-ring (bicyclic) bond motifs is 3. The SMILES string of the molecule is CCOC(=O)C(N)Cc1ccc2oc3ccccc3c2c1. The van der Waals surface area contributed by atoms with Gasteiger partial charge in [0.05, 0.1) is 6.61 Å². The van der Waals surface area contributed by atoms with Crippen molar-refractivity contribution in [2.75, 3.05) is 6.61 Å². The standard InChI is InChI=1S/C17H17NO3/c1-2-20-17(19)14(18)10-11-7-8-16-13(9-11)12-5-3-4-6-15(12)21-16/h3-9,14H,2,10,18H2,1H3. The lowest BCUT2D eigenvalue weighted by Crippen LogP contribution is -2.34. The first kappa shape index (κ1) is 13.6. The Bertz CT molecular complexity index is 791. The van der Waals surface area contributed by atoms with Crippen molar-refractivity contribution < 1.29 is 13.9 Å². The first-order valence-electron chi connectivity index (χ1n) is 7.01. The summed E-state index contributed by atoms with van der Waals surface area (Å²) in [6.07, 6.45) is 0.453. The predicted octanol–water partition coefficient (Wildman–Crippen LogP) is 3.02. The van der Waals surface area contributed by atoms with Gasteiger partial charge in [0.25, 0.3) is 0 Å². The Labute approximate surface area is 122 Å². The van der Waals surface area contributed by atoms with Crippen LogP contribution in [0.2, 0.25) is 0 Å². The van der Waals surface area contributed by atoms with E-state index in [1.54, 1.807) is 6.92 Å². The molecule has 0 radical (unpaired) electrons. The number of furan rings is 1. The molecule has 0 fully saturated rings. The summed E-state index contributed by atoms with van der Waals surface area (Å²) in [6.45, 7) is 2.12. The molecule has 0 saturated heterocycles. The number of hydrogen-bond acceptors (Lipinski definition) is 4. The maximum Gasteiger partial charge on any atom is 0.323 e. The number of para-hydroxylation sites is 1. The lowest BCUT2D eigenvalue weighted by atomic mass is 10.0. The number of nitrogens with two attached hydrogens (primary N) is 1. The molecule has 0 aliphatic heterocycles. The monoisotopic (exact) mass is 283 g/mol. The molecule has 3 rings (SSSR count). The van der Waals surface area contributed by atoms with Crippen molar-refractivity contribution >= 4 is 27.9 Å². The summed E-state index contributed by atoms with van der Waals surface area (Å²) < 4.78 is 10.7. The van der Waals surface area contributed by atoms with Gasteiger partial charge in [0.15, 0.2) is 0 Å². The fraction of sp³-hybridized carbons (Fsp3) is 0.235. The Kier molecular flexibility index (Phi) is 3.62. The van der Waals surface area contributed by atoms with Gasteiger partial charge in [0, 0.05) is 10.8 Å². The van der Waals surface area contributed by atoms with E-state index in [2.05, 4.69) is 0 Å². The van der Waals surface area contributed by atoms with Crippen LogP contribution in [0.1, 0.15) is 12.5 Å². The normalized spacial score (nSPS) is 12.7. The van der Waals surface area contributed by atoms with Gasteiger partial charge in [-0.1, -0.05) is 24.3 Å². The van der Waals surface area contributed by atoms with Crippen LogP contribution in [0.15, 0.2) is 46.9 Å². The predicted molar refractivity (Wildman–Crippen MR) is 82.0 cm³/mol. The highest BCUT2D eigenvalue weighted by atomic mass is 16.5. The van der Waals surface area contributed by atoms with Crippen LogP contribution in [-0.2, 0) is 16.0 Å². The van der Waals surface area contributed by atoms with Crippen molar-refractivity contribution in [2.24, 2.45) is 5.73 Å². The summed E-state index contributed by atoms with van der Waals surface area (Å²) in [7, 11) is 0. The van der Waals surface area contributed by atoms with Crippen LogP contribution in [-0.4, -0.2) is 18.6 Å². The van der Waals surface area contributed by atoms with Gasteiger partial charge >= 0.3 is 5.97 Å².